The summed E-state index contributed by atoms with van der Waals surface area (Å²) in [5.41, 5.74) is 18.2. The number of anilines is 11. The second kappa shape index (κ2) is 13.6. The van der Waals surface area contributed by atoms with Gasteiger partial charge in [-0.1, -0.05) is 133 Å². The van der Waals surface area contributed by atoms with E-state index in [1.54, 1.807) is 0 Å². The van der Waals surface area contributed by atoms with Crippen molar-refractivity contribution in [1.29, 1.82) is 0 Å². The van der Waals surface area contributed by atoms with Gasteiger partial charge in [-0.05, 0) is 113 Å². The normalized spacial score (nSPS) is 16.5. The molecule has 0 N–H and O–H groups in total. The summed E-state index contributed by atoms with van der Waals surface area (Å²) in [5, 5.41) is 0. The standard InChI is InChI=1S/C54H39BN4/c1-5-18-38(19-6-1)56(39-20-7-2-8-21-39)42-33-35-47-53(37-42)58(41-24-11-4-12-25-41)50-30-17-31-51-54(50)55(47)46-27-14-16-29-49(46)59(51)43-32-34-45-44-26-13-15-28-48(44)57(52(45)36-43)40-22-9-3-10-23-40/h1-37,44,48H. The zero-order valence-corrected chi connectivity index (χ0v) is 32.4. The van der Waals surface area contributed by atoms with Gasteiger partial charge in [0.2, 0.25) is 0 Å². The molecule has 0 aromatic heterocycles. The second-order valence-electron chi connectivity index (χ2n) is 15.7. The summed E-state index contributed by atoms with van der Waals surface area (Å²) in [7, 11) is 0. The van der Waals surface area contributed by atoms with Crippen LogP contribution in [0.2, 0.25) is 0 Å². The van der Waals surface area contributed by atoms with Crippen molar-refractivity contribution in [3.63, 3.8) is 0 Å². The zero-order chi connectivity index (χ0) is 38.9. The van der Waals surface area contributed by atoms with Crippen LogP contribution in [0.1, 0.15) is 11.5 Å². The van der Waals surface area contributed by atoms with Gasteiger partial charge in [-0.25, -0.2) is 0 Å². The first-order chi connectivity index (χ1) is 29.3. The fourth-order valence-corrected chi connectivity index (χ4v) is 10.1. The molecule has 0 saturated carbocycles. The Morgan fingerprint density at radius 1 is 0.390 bits per heavy atom. The molecule has 12 rings (SSSR count). The third-order valence-corrected chi connectivity index (χ3v) is 12.5. The third-order valence-electron chi connectivity index (χ3n) is 12.5. The van der Waals surface area contributed by atoms with E-state index in [2.05, 4.69) is 244 Å². The van der Waals surface area contributed by atoms with E-state index in [4.69, 9.17) is 0 Å². The van der Waals surface area contributed by atoms with Crippen molar-refractivity contribution in [1.82, 2.24) is 0 Å². The van der Waals surface area contributed by atoms with Crippen molar-refractivity contribution in [2.45, 2.75) is 12.0 Å². The molecule has 0 radical (unpaired) electrons. The average molecular weight is 755 g/mol. The second-order valence-corrected chi connectivity index (χ2v) is 15.7. The first-order valence-corrected chi connectivity index (χ1v) is 20.6. The molecule has 8 aromatic rings. The minimum Gasteiger partial charge on any atom is -0.333 e. The topological polar surface area (TPSA) is 13.0 Å². The minimum atomic E-state index is 0.0351. The average Bonchev–Trinajstić information content (AvgIpc) is 3.64. The predicted octanol–water partition coefficient (Wildman–Crippen LogP) is 12.0. The molecule has 0 amide bonds. The molecule has 8 aromatic carbocycles. The number of hydrogen-bond donors (Lipinski definition) is 0. The summed E-state index contributed by atoms with van der Waals surface area (Å²) in [6.45, 7) is 0.0351. The van der Waals surface area contributed by atoms with Crippen LogP contribution < -0.4 is 36.0 Å². The molecule has 0 saturated heterocycles. The fraction of sp³-hybridized carbons (Fsp3) is 0.0370. The van der Waals surface area contributed by atoms with Crippen LogP contribution in [0.5, 0.6) is 0 Å². The van der Waals surface area contributed by atoms with Crippen LogP contribution in [0.15, 0.2) is 224 Å². The summed E-state index contributed by atoms with van der Waals surface area (Å²) in [5.74, 6) is 0.298. The molecule has 59 heavy (non-hydrogen) atoms. The molecule has 3 heterocycles. The molecule has 278 valence electrons. The predicted molar refractivity (Wildman–Crippen MR) is 249 cm³/mol. The highest BCUT2D eigenvalue weighted by atomic mass is 15.2. The Morgan fingerprint density at radius 2 is 0.966 bits per heavy atom. The largest absolute Gasteiger partial charge is 0.333 e. The van der Waals surface area contributed by atoms with Crippen molar-refractivity contribution < 1.29 is 0 Å². The Kier molecular flexibility index (Phi) is 7.73. The minimum absolute atomic E-state index is 0.0351. The van der Waals surface area contributed by atoms with E-state index in [9.17, 15) is 0 Å². The van der Waals surface area contributed by atoms with Crippen molar-refractivity contribution >= 4 is 85.7 Å². The van der Waals surface area contributed by atoms with E-state index >= 15 is 0 Å². The summed E-state index contributed by atoms with van der Waals surface area (Å²) >= 11 is 0. The molecule has 1 aliphatic carbocycles. The van der Waals surface area contributed by atoms with Gasteiger partial charge in [0, 0.05) is 68.5 Å². The Hall–Kier alpha value is -7.50. The molecule has 0 spiro atoms. The van der Waals surface area contributed by atoms with Gasteiger partial charge in [-0.3, -0.25) is 0 Å². The lowest BCUT2D eigenvalue weighted by Gasteiger charge is -2.44. The van der Waals surface area contributed by atoms with Crippen molar-refractivity contribution in [2.75, 3.05) is 19.6 Å². The van der Waals surface area contributed by atoms with Gasteiger partial charge in [0.25, 0.3) is 6.71 Å². The number of para-hydroxylation sites is 5. The molecular weight excluding hydrogens is 715 g/mol. The van der Waals surface area contributed by atoms with Gasteiger partial charge in [0.1, 0.15) is 0 Å². The maximum Gasteiger partial charge on any atom is 0.252 e. The van der Waals surface area contributed by atoms with Gasteiger partial charge >= 0.3 is 0 Å². The van der Waals surface area contributed by atoms with Crippen LogP contribution in [0.4, 0.5) is 62.6 Å². The summed E-state index contributed by atoms with van der Waals surface area (Å²) < 4.78 is 0. The van der Waals surface area contributed by atoms with Crippen molar-refractivity contribution in [3.8, 4) is 0 Å². The third kappa shape index (κ3) is 5.25. The van der Waals surface area contributed by atoms with Crippen molar-refractivity contribution in [3.05, 3.63) is 230 Å². The molecule has 4 aliphatic rings. The molecule has 3 aliphatic heterocycles. The Morgan fingerprint density at radius 3 is 1.68 bits per heavy atom. The highest BCUT2D eigenvalue weighted by molar-refractivity contribution is 7.00. The van der Waals surface area contributed by atoms with Crippen LogP contribution in [-0.4, -0.2) is 12.8 Å². The zero-order valence-electron chi connectivity index (χ0n) is 32.4. The number of hydrogen-bond acceptors (Lipinski definition) is 4. The molecule has 5 heteroatoms. The van der Waals surface area contributed by atoms with Crippen LogP contribution in [-0.2, 0) is 0 Å². The van der Waals surface area contributed by atoms with Gasteiger partial charge in [0.05, 0.1) is 6.04 Å². The maximum absolute atomic E-state index is 2.53. The van der Waals surface area contributed by atoms with Crippen LogP contribution in [0.25, 0.3) is 0 Å². The van der Waals surface area contributed by atoms with Gasteiger partial charge < -0.3 is 19.6 Å². The summed E-state index contributed by atoms with van der Waals surface area (Å²) in [6, 6.07) is 73.5. The van der Waals surface area contributed by atoms with E-state index in [1.165, 1.54) is 56.1 Å². The van der Waals surface area contributed by atoms with Crippen molar-refractivity contribution in [2.24, 2.45) is 0 Å². The van der Waals surface area contributed by atoms with Gasteiger partial charge in [-0.2, -0.15) is 0 Å². The summed E-state index contributed by atoms with van der Waals surface area (Å²) in [6.07, 6.45) is 9.11. The quantitative estimate of drug-likeness (QED) is 0.157. The van der Waals surface area contributed by atoms with Crippen LogP contribution >= 0.6 is 0 Å². The Bertz CT molecular complexity index is 2890. The monoisotopic (exact) mass is 754 g/mol. The highest BCUT2D eigenvalue weighted by Crippen LogP contribution is 2.51. The van der Waals surface area contributed by atoms with E-state index in [0.29, 0.717) is 5.92 Å². The molecule has 2 atom stereocenters. The maximum atomic E-state index is 2.53. The Balaban J connectivity index is 1.06. The lowest BCUT2D eigenvalue weighted by atomic mass is 9.33. The van der Waals surface area contributed by atoms with Crippen LogP contribution in [0.3, 0.4) is 0 Å². The molecular formula is C54H39BN4. The summed E-state index contributed by atoms with van der Waals surface area (Å²) in [4.78, 5) is 9.89. The fourth-order valence-electron chi connectivity index (χ4n) is 10.1. The molecule has 0 fully saturated rings. The number of nitrogens with zero attached hydrogens (tertiary/aromatic N) is 4. The molecule has 0 bridgehead atoms. The van der Waals surface area contributed by atoms with Crippen LogP contribution in [0, 0.1) is 0 Å². The molecule has 2 unspecified atom stereocenters. The first kappa shape index (κ1) is 33.6. The lowest BCUT2D eigenvalue weighted by molar-refractivity contribution is 0.745. The number of rotatable bonds is 6. The number of allylic oxidation sites excluding steroid dienone is 2. The first-order valence-electron chi connectivity index (χ1n) is 20.6. The van der Waals surface area contributed by atoms with Gasteiger partial charge in [0.15, 0.2) is 0 Å². The van der Waals surface area contributed by atoms with Gasteiger partial charge in [-0.15, -0.1) is 0 Å². The van der Waals surface area contributed by atoms with E-state index in [0.717, 1.165) is 28.4 Å². The smallest absolute Gasteiger partial charge is 0.252 e. The van der Waals surface area contributed by atoms with E-state index < -0.39 is 0 Å². The SMILES string of the molecule is C1=CC2c3ccc(N4c5ccccc5B5c6ccc(N(c7ccccc7)c7ccccc7)cc6N(c6ccccc6)c6cccc4c65)cc3N(c3ccccc3)C2C=C1. The number of fused-ring (bicyclic) bond motifs is 7. The van der Waals surface area contributed by atoms with E-state index in [-0.39, 0.29) is 12.8 Å². The Labute approximate surface area is 345 Å². The number of benzene rings is 8. The lowest BCUT2D eigenvalue weighted by Crippen LogP contribution is -2.61. The molecule has 4 nitrogen and oxygen atoms in total. The van der Waals surface area contributed by atoms with E-state index in [1.807, 2.05) is 0 Å². The highest BCUT2D eigenvalue weighted by Gasteiger charge is 2.44.